The number of benzene rings is 1. The molecule has 0 saturated heterocycles. The fourth-order valence-electron chi connectivity index (χ4n) is 1.68. The number of anilines is 1. The molecule has 0 saturated carbocycles. The molecule has 0 aliphatic rings. The van der Waals surface area contributed by atoms with Crippen molar-refractivity contribution in [3.05, 3.63) is 51.1 Å². The van der Waals surface area contributed by atoms with Crippen LogP contribution in [0.2, 0.25) is 15.1 Å². The topological polar surface area (TPSA) is 34.1 Å². The normalized spacial score (nSPS) is 10.5. The van der Waals surface area contributed by atoms with Gasteiger partial charge in [0.25, 0.3) is 0 Å². The maximum atomic E-state index is 6.14. The first-order chi connectivity index (χ1) is 10.1. The molecule has 0 fully saturated rings. The van der Waals surface area contributed by atoms with E-state index in [1.165, 1.54) is 0 Å². The molecule has 1 N–H and O–H groups in total. The maximum Gasteiger partial charge on any atom is 0.138 e. The number of aromatic nitrogens is 1. The molecule has 0 amide bonds. The van der Waals surface area contributed by atoms with Gasteiger partial charge < -0.3 is 10.1 Å². The molecule has 0 aliphatic heterocycles. The number of nitrogens with one attached hydrogen (secondary N) is 1. The molecule has 112 valence electrons. The molecule has 0 radical (unpaired) electrons. The fraction of sp³-hybridized carbons (Fsp3) is 0.267. The zero-order valence-electron chi connectivity index (χ0n) is 11.5. The van der Waals surface area contributed by atoms with Gasteiger partial charge in [-0.25, -0.2) is 4.98 Å². The SMILES string of the molecule is CCCNc1ccc(Cl)c(COc2ccc(Cl)cc2Cl)n1. The highest BCUT2D eigenvalue weighted by Crippen LogP contribution is 2.28. The Bertz CT molecular complexity index is 620. The minimum atomic E-state index is 0.238. The van der Waals surface area contributed by atoms with E-state index >= 15 is 0 Å². The van der Waals surface area contributed by atoms with Crippen LogP contribution in [0.4, 0.5) is 5.82 Å². The fourth-order valence-corrected chi connectivity index (χ4v) is 2.30. The number of pyridine rings is 1. The Balaban J connectivity index is 2.08. The molecule has 21 heavy (non-hydrogen) atoms. The van der Waals surface area contributed by atoms with E-state index in [0.717, 1.165) is 18.8 Å². The lowest BCUT2D eigenvalue weighted by molar-refractivity contribution is 0.302. The Morgan fingerprint density at radius 3 is 2.62 bits per heavy atom. The number of nitrogens with zero attached hydrogens (tertiary/aromatic N) is 1. The van der Waals surface area contributed by atoms with Gasteiger partial charge in [-0.05, 0) is 36.8 Å². The molecular formula is C15H15Cl3N2O. The second-order valence-electron chi connectivity index (χ2n) is 4.42. The van der Waals surface area contributed by atoms with Crippen LogP contribution >= 0.6 is 34.8 Å². The van der Waals surface area contributed by atoms with Gasteiger partial charge in [-0.3, -0.25) is 0 Å². The third-order valence-electron chi connectivity index (χ3n) is 2.73. The molecular weight excluding hydrogens is 331 g/mol. The molecule has 1 aromatic carbocycles. The molecule has 6 heteroatoms. The van der Waals surface area contributed by atoms with Crippen LogP contribution in [0.25, 0.3) is 0 Å². The van der Waals surface area contributed by atoms with Gasteiger partial charge >= 0.3 is 0 Å². The van der Waals surface area contributed by atoms with Crippen molar-refractivity contribution in [3.63, 3.8) is 0 Å². The van der Waals surface area contributed by atoms with Gasteiger partial charge in [0.15, 0.2) is 0 Å². The van der Waals surface area contributed by atoms with E-state index in [1.54, 1.807) is 24.3 Å². The Hall–Kier alpha value is -1.16. The van der Waals surface area contributed by atoms with Crippen molar-refractivity contribution < 1.29 is 4.74 Å². The highest BCUT2D eigenvalue weighted by molar-refractivity contribution is 6.35. The van der Waals surface area contributed by atoms with Crippen LogP contribution in [0.1, 0.15) is 19.0 Å². The summed E-state index contributed by atoms with van der Waals surface area (Å²) in [5, 5.41) is 4.79. The quantitative estimate of drug-likeness (QED) is 0.756. The minimum absolute atomic E-state index is 0.238. The van der Waals surface area contributed by atoms with Crippen LogP contribution in [0.5, 0.6) is 5.75 Å². The lowest BCUT2D eigenvalue weighted by Crippen LogP contribution is -2.05. The van der Waals surface area contributed by atoms with Crippen LogP contribution in [0.3, 0.4) is 0 Å². The van der Waals surface area contributed by atoms with Gasteiger partial charge in [0, 0.05) is 11.6 Å². The van der Waals surface area contributed by atoms with E-state index in [4.69, 9.17) is 39.5 Å². The van der Waals surface area contributed by atoms with Crippen LogP contribution in [-0.2, 0) is 6.61 Å². The molecule has 1 heterocycles. The summed E-state index contributed by atoms with van der Waals surface area (Å²) < 4.78 is 5.65. The average Bonchev–Trinajstić information content (AvgIpc) is 2.46. The Morgan fingerprint density at radius 1 is 1.10 bits per heavy atom. The van der Waals surface area contributed by atoms with E-state index in [-0.39, 0.29) is 6.61 Å². The average molecular weight is 346 g/mol. The predicted molar refractivity (Wildman–Crippen MR) is 88.8 cm³/mol. The summed E-state index contributed by atoms with van der Waals surface area (Å²) >= 11 is 18.0. The summed E-state index contributed by atoms with van der Waals surface area (Å²) in [6.07, 6.45) is 1.02. The number of ether oxygens (including phenoxy) is 1. The number of rotatable bonds is 6. The molecule has 2 rings (SSSR count). The lowest BCUT2D eigenvalue weighted by atomic mass is 10.3. The number of hydrogen-bond acceptors (Lipinski definition) is 3. The standard InChI is InChI=1S/C15H15Cl3N2O/c1-2-7-19-15-6-4-11(17)13(20-15)9-21-14-5-3-10(16)8-12(14)18/h3-6,8H,2,7,9H2,1H3,(H,19,20). The van der Waals surface area contributed by atoms with Crippen molar-refractivity contribution >= 4 is 40.6 Å². The smallest absolute Gasteiger partial charge is 0.138 e. The molecule has 0 unspecified atom stereocenters. The van der Waals surface area contributed by atoms with Crippen molar-refractivity contribution in [2.24, 2.45) is 0 Å². The summed E-state index contributed by atoms with van der Waals surface area (Å²) in [6, 6.07) is 8.72. The predicted octanol–water partition coefficient (Wildman–Crippen LogP) is 5.44. The van der Waals surface area contributed by atoms with Gasteiger partial charge in [-0.1, -0.05) is 41.7 Å². The molecule has 0 atom stereocenters. The van der Waals surface area contributed by atoms with Crippen LogP contribution in [-0.4, -0.2) is 11.5 Å². The van der Waals surface area contributed by atoms with Gasteiger partial charge in [-0.15, -0.1) is 0 Å². The molecule has 0 aliphatic carbocycles. The monoisotopic (exact) mass is 344 g/mol. The highest BCUT2D eigenvalue weighted by atomic mass is 35.5. The third kappa shape index (κ3) is 4.67. The summed E-state index contributed by atoms with van der Waals surface area (Å²) in [5.74, 6) is 1.33. The second-order valence-corrected chi connectivity index (χ2v) is 5.67. The lowest BCUT2D eigenvalue weighted by Gasteiger charge is -2.11. The van der Waals surface area contributed by atoms with E-state index in [1.807, 2.05) is 6.07 Å². The molecule has 1 aromatic heterocycles. The summed E-state index contributed by atoms with van der Waals surface area (Å²) in [6.45, 7) is 3.19. The van der Waals surface area contributed by atoms with Crippen LogP contribution in [0, 0.1) is 0 Å². The Kier molecular flexibility index (Phi) is 5.97. The van der Waals surface area contributed by atoms with Crippen molar-refractivity contribution in [3.8, 4) is 5.75 Å². The van der Waals surface area contributed by atoms with Crippen molar-refractivity contribution in [1.29, 1.82) is 0 Å². The van der Waals surface area contributed by atoms with E-state index in [0.29, 0.717) is 26.5 Å². The first kappa shape index (κ1) is 16.2. The van der Waals surface area contributed by atoms with Gasteiger partial charge in [0.05, 0.1) is 15.7 Å². The van der Waals surface area contributed by atoms with E-state index in [2.05, 4.69) is 17.2 Å². The van der Waals surface area contributed by atoms with Crippen LogP contribution in [0.15, 0.2) is 30.3 Å². The van der Waals surface area contributed by atoms with E-state index < -0.39 is 0 Å². The number of hydrogen-bond donors (Lipinski definition) is 1. The van der Waals surface area contributed by atoms with Gasteiger partial charge in [-0.2, -0.15) is 0 Å². The zero-order valence-corrected chi connectivity index (χ0v) is 13.8. The zero-order chi connectivity index (χ0) is 15.2. The largest absolute Gasteiger partial charge is 0.486 e. The van der Waals surface area contributed by atoms with Crippen molar-refractivity contribution in [2.75, 3.05) is 11.9 Å². The van der Waals surface area contributed by atoms with Crippen molar-refractivity contribution in [1.82, 2.24) is 4.98 Å². The molecule has 0 bridgehead atoms. The maximum absolute atomic E-state index is 6.14. The second kappa shape index (κ2) is 7.74. The summed E-state index contributed by atoms with van der Waals surface area (Å²) in [5.41, 5.74) is 0.656. The Morgan fingerprint density at radius 2 is 1.90 bits per heavy atom. The first-order valence-electron chi connectivity index (χ1n) is 6.57. The van der Waals surface area contributed by atoms with Crippen LogP contribution < -0.4 is 10.1 Å². The molecule has 2 aromatic rings. The third-order valence-corrected chi connectivity index (χ3v) is 3.61. The van der Waals surface area contributed by atoms with Gasteiger partial charge in [0.2, 0.25) is 0 Å². The molecule has 0 spiro atoms. The summed E-state index contributed by atoms with van der Waals surface area (Å²) in [7, 11) is 0. The Labute approximate surface area is 139 Å². The van der Waals surface area contributed by atoms with Gasteiger partial charge in [0.1, 0.15) is 18.2 Å². The summed E-state index contributed by atoms with van der Waals surface area (Å²) in [4.78, 5) is 4.43. The van der Waals surface area contributed by atoms with E-state index in [9.17, 15) is 0 Å². The minimum Gasteiger partial charge on any atom is -0.486 e. The number of halogens is 3. The van der Waals surface area contributed by atoms with Crippen molar-refractivity contribution in [2.45, 2.75) is 20.0 Å². The highest BCUT2D eigenvalue weighted by Gasteiger charge is 2.07. The first-order valence-corrected chi connectivity index (χ1v) is 7.70. The molecule has 3 nitrogen and oxygen atoms in total.